The topological polar surface area (TPSA) is 91.8 Å². The first-order chi connectivity index (χ1) is 16.3. The van der Waals surface area contributed by atoms with Crippen LogP contribution in [0.3, 0.4) is 0 Å². The van der Waals surface area contributed by atoms with E-state index in [-0.39, 0.29) is 23.0 Å². The van der Waals surface area contributed by atoms with Crippen LogP contribution in [0.1, 0.15) is 6.42 Å². The van der Waals surface area contributed by atoms with Crippen molar-refractivity contribution in [1.29, 1.82) is 0 Å². The number of amides is 1. The number of aromatic nitrogens is 1. The second-order valence-electron chi connectivity index (χ2n) is 8.03. The summed E-state index contributed by atoms with van der Waals surface area (Å²) in [6.45, 7) is 4.56. The zero-order chi connectivity index (χ0) is 24.1. The molecule has 0 radical (unpaired) electrons. The van der Waals surface area contributed by atoms with Crippen molar-refractivity contribution in [1.82, 2.24) is 15.2 Å². The second-order valence-corrected chi connectivity index (χ2v) is 11.1. The molecule has 2 aromatic carbocycles. The Labute approximate surface area is 202 Å². The van der Waals surface area contributed by atoms with Crippen LogP contribution in [0.5, 0.6) is 5.75 Å². The van der Waals surface area contributed by atoms with Gasteiger partial charge < -0.3 is 15.0 Å². The van der Waals surface area contributed by atoms with Crippen molar-refractivity contribution in [3.63, 3.8) is 0 Å². The summed E-state index contributed by atoms with van der Waals surface area (Å²) in [4.78, 5) is 21.4. The van der Waals surface area contributed by atoms with Gasteiger partial charge in [0, 0.05) is 45.7 Å². The van der Waals surface area contributed by atoms with Gasteiger partial charge in [-0.2, -0.15) is 0 Å². The molecule has 182 valence electrons. The van der Waals surface area contributed by atoms with E-state index in [1.807, 2.05) is 18.2 Å². The van der Waals surface area contributed by atoms with Crippen molar-refractivity contribution in [2.24, 2.45) is 0 Å². The van der Waals surface area contributed by atoms with Crippen molar-refractivity contribution < 1.29 is 22.3 Å². The van der Waals surface area contributed by atoms with Gasteiger partial charge in [-0.1, -0.05) is 11.3 Å². The molecule has 2 heterocycles. The number of methoxy groups -OCH3 is 1. The minimum absolute atomic E-state index is 0.0202. The van der Waals surface area contributed by atoms with Gasteiger partial charge in [0.2, 0.25) is 5.91 Å². The lowest BCUT2D eigenvalue weighted by Gasteiger charge is -2.34. The number of piperazine rings is 1. The summed E-state index contributed by atoms with van der Waals surface area (Å²) < 4.78 is 43.9. The van der Waals surface area contributed by atoms with Gasteiger partial charge in [-0.05, 0) is 42.5 Å². The van der Waals surface area contributed by atoms with Gasteiger partial charge in [-0.25, -0.2) is 17.8 Å². The van der Waals surface area contributed by atoms with E-state index in [0.717, 1.165) is 59.4 Å². The summed E-state index contributed by atoms with van der Waals surface area (Å²) in [5, 5.41) is 3.79. The third-order valence-electron chi connectivity index (χ3n) is 5.75. The van der Waals surface area contributed by atoms with Crippen LogP contribution in [-0.4, -0.2) is 76.3 Å². The van der Waals surface area contributed by atoms with Gasteiger partial charge in [0.25, 0.3) is 0 Å². The number of nitrogens with one attached hydrogen (secondary N) is 1. The number of hydrogen-bond acceptors (Lipinski definition) is 8. The Morgan fingerprint density at radius 3 is 2.59 bits per heavy atom. The maximum absolute atomic E-state index is 13.0. The molecule has 0 aliphatic carbocycles. The molecule has 1 aliphatic heterocycles. The minimum Gasteiger partial charge on any atom is -0.497 e. The molecule has 0 bridgehead atoms. The highest BCUT2D eigenvalue weighted by Gasteiger charge is 2.20. The highest BCUT2D eigenvalue weighted by Crippen LogP contribution is 2.31. The minimum atomic E-state index is -3.62. The van der Waals surface area contributed by atoms with E-state index in [9.17, 15) is 17.6 Å². The Kier molecular flexibility index (Phi) is 7.64. The van der Waals surface area contributed by atoms with Gasteiger partial charge in [0.05, 0.1) is 28.0 Å². The summed E-state index contributed by atoms with van der Waals surface area (Å²) in [7, 11) is -1.97. The number of halogens is 1. The maximum atomic E-state index is 13.0. The molecule has 34 heavy (non-hydrogen) atoms. The van der Waals surface area contributed by atoms with Crippen LogP contribution in [0.15, 0.2) is 47.4 Å². The number of carbonyl (C=O) groups excluding carboxylic acids is 1. The zero-order valence-electron chi connectivity index (χ0n) is 18.9. The average Bonchev–Trinajstić information content (AvgIpc) is 3.27. The molecule has 1 aromatic heterocycles. The first-order valence-corrected chi connectivity index (χ1v) is 13.5. The van der Waals surface area contributed by atoms with Crippen molar-refractivity contribution in [3.05, 3.63) is 48.3 Å². The first-order valence-electron chi connectivity index (χ1n) is 11.0. The number of anilines is 1. The molecule has 8 nitrogen and oxygen atoms in total. The van der Waals surface area contributed by atoms with Crippen LogP contribution in [0.25, 0.3) is 10.2 Å². The number of hydrogen-bond donors (Lipinski definition) is 1. The molecular weight excluding hydrogens is 479 g/mol. The Morgan fingerprint density at radius 1 is 1.15 bits per heavy atom. The SMILES string of the molecule is COc1ccc2nc(N3CCN(CCNC(=O)CCS(=O)(=O)c4ccc(F)cc4)CC3)sc2c1. The maximum Gasteiger partial charge on any atom is 0.221 e. The van der Waals surface area contributed by atoms with Crippen LogP contribution in [-0.2, 0) is 14.6 Å². The Balaban J connectivity index is 1.18. The van der Waals surface area contributed by atoms with Gasteiger partial charge in [-0.15, -0.1) is 0 Å². The molecule has 1 N–H and O–H groups in total. The summed E-state index contributed by atoms with van der Waals surface area (Å²) in [6.07, 6.45) is -0.129. The fourth-order valence-corrected chi connectivity index (χ4v) is 6.03. The van der Waals surface area contributed by atoms with E-state index >= 15 is 0 Å². The highest BCUT2D eigenvalue weighted by molar-refractivity contribution is 7.91. The van der Waals surface area contributed by atoms with E-state index < -0.39 is 15.7 Å². The fourth-order valence-electron chi connectivity index (χ4n) is 3.75. The van der Waals surface area contributed by atoms with Crippen molar-refractivity contribution >= 4 is 42.4 Å². The molecule has 0 saturated carbocycles. The highest BCUT2D eigenvalue weighted by atomic mass is 32.2. The largest absolute Gasteiger partial charge is 0.497 e. The standard InChI is InChI=1S/C23H27FN4O4S2/c1-32-18-4-7-20-21(16-18)33-23(26-20)28-13-11-27(12-14-28)10-9-25-22(29)8-15-34(30,31)19-5-2-17(24)3-6-19/h2-7,16H,8-15H2,1H3,(H,25,29). The summed E-state index contributed by atoms with van der Waals surface area (Å²) in [6, 6.07) is 10.5. The van der Waals surface area contributed by atoms with Crippen LogP contribution in [0.4, 0.5) is 9.52 Å². The molecule has 1 aliphatic rings. The van der Waals surface area contributed by atoms with Crippen molar-refractivity contribution in [3.8, 4) is 5.75 Å². The molecule has 0 spiro atoms. The third-order valence-corrected chi connectivity index (χ3v) is 8.56. The van der Waals surface area contributed by atoms with Gasteiger partial charge >= 0.3 is 0 Å². The van der Waals surface area contributed by atoms with E-state index in [0.29, 0.717) is 13.1 Å². The predicted octanol–water partition coefficient (Wildman–Crippen LogP) is 2.55. The predicted molar refractivity (Wildman–Crippen MR) is 131 cm³/mol. The van der Waals surface area contributed by atoms with Crippen LogP contribution >= 0.6 is 11.3 Å². The Hall–Kier alpha value is -2.76. The number of sulfone groups is 1. The molecule has 11 heteroatoms. The summed E-state index contributed by atoms with van der Waals surface area (Å²) in [5.74, 6) is -0.299. The number of nitrogens with zero attached hydrogens (tertiary/aromatic N) is 3. The van der Waals surface area contributed by atoms with Crippen molar-refractivity contribution in [2.45, 2.75) is 11.3 Å². The molecule has 0 unspecified atom stereocenters. The van der Waals surface area contributed by atoms with E-state index in [1.54, 1.807) is 18.4 Å². The number of fused-ring (bicyclic) bond motifs is 1. The lowest BCUT2D eigenvalue weighted by atomic mass is 10.3. The number of thiazole rings is 1. The second kappa shape index (κ2) is 10.7. The van der Waals surface area contributed by atoms with E-state index in [1.165, 1.54) is 12.1 Å². The molecule has 1 fully saturated rings. The van der Waals surface area contributed by atoms with Crippen LogP contribution in [0, 0.1) is 5.82 Å². The number of rotatable bonds is 9. The van der Waals surface area contributed by atoms with Gasteiger partial charge in [0.15, 0.2) is 15.0 Å². The first kappa shape index (κ1) is 24.4. The Morgan fingerprint density at radius 2 is 1.88 bits per heavy atom. The monoisotopic (exact) mass is 506 g/mol. The molecular formula is C23H27FN4O4S2. The smallest absolute Gasteiger partial charge is 0.221 e. The number of benzene rings is 2. The molecule has 1 saturated heterocycles. The average molecular weight is 507 g/mol. The molecule has 0 atom stereocenters. The lowest BCUT2D eigenvalue weighted by molar-refractivity contribution is -0.120. The fraction of sp³-hybridized carbons (Fsp3) is 0.391. The molecule has 3 aromatic rings. The van der Waals surface area contributed by atoms with Crippen LogP contribution < -0.4 is 15.0 Å². The molecule has 1 amide bonds. The number of ether oxygens (including phenoxy) is 1. The summed E-state index contributed by atoms with van der Waals surface area (Å²) >= 11 is 1.65. The zero-order valence-corrected chi connectivity index (χ0v) is 20.5. The van der Waals surface area contributed by atoms with E-state index in [4.69, 9.17) is 9.72 Å². The summed E-state index contributed by atoms with van der Waals surface area (Å²) in [5.41, 5.74) is 0.965. The Bertz CT molecular complexity index is 1240. The number of carbonyl (C=O) groups is 1. The third kappa shape index (κ3) is 6.02. The van der Waals surface area contributed by atoms with Crippen LogP contribution in [0.2, 0.25) is 0 Å². The van der Waals surface area contributed by atoms with E-state index in [2.05, 4.69) is 15.1 Å². The molecule has 4 rings (SSSR count). The van der Waals surface area contributed by atoms with Crippen molar-refractivity contribution in [2.75, 3.05) is 57.0 Å². The lowest BCUT2D eigenvalue weighted by Crippen LogP contribution is -2.48. The normalized spacial score (nSPS) is 14.9. The van der Waals surface area contributed by atoms with Gasteiger partial charge in [0.1, 0.15) is 11.6 Å². The quantitative estimate of drug-likeness (QED) is 0.446. The van der Waals surface area contributed by atoms with Gasteiger partial charge in [-0.3, -0.25) is 9.69 Å².